The first kappa shape index (κ1) is 20.1. The summed E-state index contributed by atoms with van der Waals surface area (Å²) in [5.74, 6) is -0.461. The average Bonchev–Trinajstić information content (AvgIpc) is 2.69. The van der Waals surface area contributed by atoms with Crippen molar-refractivity contribution in [3.63, 3.8) is 0 Å². The first-order chi connectivity index (χ1) is 13.5. The summed E-state index contributed by atoms with van der Waals surface area (Å²) in [6.07, 6.45) is 5.10. The van der Waals surface area contributed by atoms with Crippen molar-refractivity contribution in [3.05, 3.63) is 70.8 Å². The van der Waals surface area contributed by atoms with Gasteiger partial charge in [-0.2, -0.15) is 0 Å². The summed E-state index contributed by atoms with van der Waals surface area (Å²) in [6.45, 7) is 2.45. The smallest absolute Gasteiger partial charge is 0.248 e. The van der Waals surface area contributed by atoms with Crippen molar-refractivity contribution in [1.29, 1.82) is 0 Å². The van der Waals surface area contributed by atoms with Crippen LogP contribution in [0.3, 0.4) is 0 Å². The van der Waals surface area contributed by atoms with Crippen LogP contribution in [0.4, 0.5) is 5.69 Å². The van der Waals surface area contributed by atoms with Gasteiger partial charge in [-0.25, -0.2) is 0 Å². The molecule has 1 saturated heterocycles. The van der Waals surface area contributed by atoms with E-state index in [1.807, 2.05) is 36.4 Å². The van der Waals surface area contributed by atoms with Crippen molar-refractivity contribution in [2.45, 2.75) is 19.4 Å². The Labute approximate surface area is 170 Å². The van der Waals surface area contributed by atoms with Crippen LogP contribution in [-0.4, -0.2) is 29.8 Å². The molecule has 0 spiro atoms. The van der Waals surface area contributed by atoms with Crippen LogP contribution in [0.25, 0.3) is 6.08 Å². The molecular weight excluding hydrogens is 374 g/mol. The molecule has 1 atom stereocenters. The van der Waals surface area contributed by atoms with Crippen molar-refractivity contribution < 1.29 is 9.59 Å². The molecule has 2 aromatic carbocycles. The van der Waals surface area contributed by atoms with Crippen LogP contribution in [0.2, 0.25) is 5.02 Å². The average molecular weight is 398 g/mol. The third-order valence-electron chi connectivity index (χ3n) is 4.83. The van der Waals surface area contributed by atoms with E-state index in [9.17, 15) is 9.59 Å². The summed E-state index contributed by atoms with van der Waals surface area (Å²) >= 11 is 5.85. The minimum atomic E-state index is -0.214. The van der Waals surface area contributed by atoms with Crippen molar-refractivity contribution in [1.82, 2.24) is 4.90 Å². The van der Waals surface area contributed by atoms with E-state index in [0.29, 0.717) is 11.6 Å². The number of piperidine rings is 1. The fourth-order valence-electron chi connectivity index (χ4n) is 3.31. The molecule has 1 aliphatic heterocycles. The van der Waals surface area contributed by atoms with Crippen molar-refractivity contribution in [2.75, 3.05) is 18.4 Å². The molecule has 3 rings (SSSR count). The monoisotopic (exact) mass is 397 g/mol. The lowest BCUT2D eigenvalue weighted by Crippen LogP contribution is -2.40. The van der Waals surface area contributed by atoms with Crippen LogP contribution in [0.5, 0.6) is 0 Å². The van der Waals surface area contributed by atoms with Gasteiger partial charge in [0.2, 0.25) is 11.8 Å². The molecule has 1 fully saturated rings. The van der Waals surface area contributed by atoms with E-state index < -0.39 is 0 Å². The second-order valence-electron chi connectivity index (χ2n) is 7.05. The van der Waals surface area contributed by atoms with Gasteiger partial charge < -0.3 is 11.1 Å². The number of hydrogen-bond donors (Lipinski definition) is 2. The van der Waals surface area contributed by atoms with Crippen LogP contribution < -0.4 is 11.1 Å². The van der Waals surface area contributed by atoms with E-state index >= 15 is 0 Å². The van der Waals surface area contributed by atoms with E-state index in [1.54, 1.807) is 18.2 Å². The molecule has 0 aliphatic carbocycles. The topological polar surface area (TPSA) is 75.4 Å². The largest absolute Gasteiger partial charge is 0.369 e. The van der Waals surface area contributed by atoms with E-state index in [0.717, 1.165) is 42.7 Å². The van der Waals surface area contributed by atoms with E-state index in [1.165, 1.54) is 6.08 Å². The molecule has 0 bridgehead atoms. The lowest BCUT2D eigenvalue weighted by Gasteiger charge is -2.31. The van der Waals surface area contributed by atoms with Gasteiger partial charge in [0.15, 0.2) is 0 Å². The number of nitrogens with zero attached hydrogens (tertiary/aromatic N) is 1. The Morgan fingerprint density at radius 3 is 2.54 bits per heavy atom. The van der Waals surface area contributed by atoms with Crippen molar-refractivity contribution in [3.8, 4) is 0 Å². The fraction of sp³-hybridized carbons (Fsp3) is 0.273. The molecule has 1 unspecified atom stereocenters. The summed E-state index contributed by atoms with van der Waals surface area (Å²) in [6, 6.07) is 15.0. The molecule has 0 radical (unpaired) electrons. The third-order valence-corrected chi connectivity index (χ3v) is 5.08. The zero-order valence-corrected chi connectivity index (χ0v) is 16.4. The molecule has 2 amide bonds. The van der Waals surface area contributed by atoms with E-state index in [-0.39, 0.29) is 17.7 Å². The van der Waals surface area contributed by atoms with Gasteiger partial charge >= 0.3 is 0 Å². The summed E-state index contributed by atoms with van der Waals surface area (Å²) in [7, 11) is 0. The Hall–Kier alpha value is -2.63. The second-order valence-corrected chi connectivity index (χ2v) is 7.48. The molecule has 1 heterocycles. The Balaban J connectivity index is 1.51. The lowest BCUT2D eigenvalue weighted by atomic mass is 9.97. The van der Waals surface area contributed by atoms with Gasteiger partial charge in [-0.1, -0.05) is 35.9 Å². The molecule has 6 heteroatoms. The highest BCUT2D eigenvalue weighted by atomic mass is 35.5. The predicted octanol–water partition coefficient (Wildman–Crippen LogP) is 3.69. The number of nitrogens with two attached hydrogens (primary N) is 1. The molecule has 5 nitrogen and oxygen atoms in total. The Bertz CT molecular complexity index is 847. The van der Waals surface area contributed by atoms with Gasteiger partial charge in [0.25, 0.3) is 0 Å². The number of anilines is 1. The van der Waals surface area contributed by atoms with Gasteiger partial charge in [-0.3, -0.25) is 14.5 Å². The molecule has 2 aromatic rings. The first-order valence-electron chi connectivity index (χ1n) is 9.35. The van der Waals surface area contributed by atoms with Gasteiger partial charge in [0, 0.05) is 29.9 Å². The number of benzene rings is 2. The molecule has 146 valence electrons. The van der Waals surface area contributed by atoms with Crippen molar-refractivity contribution >= 4 is 35.2 Å². The number of carbonyl (C=O) groups excluding carboxylic acids is 2. The quantitative estimate of drug-likeness (QED) is 0.730. The minimum absolute atomic E-state index is 0.0558. The number of carbonyl (C=O) groups is 2. The zero-order valence-electron chi connectivity index (χ0n) is 15.6. The summed E-state index contributed by atoms with van der Waals surface area (Å²) in [5, 5.41) is 3.51. The summed E-state index contributed by atoms with van der Waals surface area (Å²) < 4.78 is 0. The van der Waals surface area contributed by atoms with Gasteiger partial charge in [0.1, 0.15) is 0 Å². The third kappa shape index (κ3) is 5.94. The number of nitrogens with one attached hydrogen (secondary N) is 1. The number of amides is 2. The maximum atomic E-state index is 12.1. The standard InChI is InChI=1S/C22H24ClN3O2/c23-19-8-3-16(4-9-19)7-12-21(27)25-20-10-5-17(6-11-20)14-26-13-1-2-18(15-26)22(24)28/h3-12,18H,1-2,13-15H2,(H2,24,28)(H,25,27)/b12-7+. The van der Waals surface area contributed by atoms with Crippen LogP contribution in [0.15, 0.2) is 54.6 Å². The predicted molar refractivity (Wildman–Crippen MR) is 113 cm³/mol. The van der Waals surface area contributed by atoms with Crippen LogP contribution in [0, 0.1) is 5.92 Å². The number of rotatable bonds is 6. The Morgan fingerprint density at radius 2 is 1.86 bits per heavy atom. The Kier molecular flexibility index (Phi) is 6.85. The molecule has 0 saturated carbocycles. The van der Waals surface area contributed by atoms with Gasteiger partial charge in [0.05, 0.1) is 5.92 Å². The van der Waals surface area contributed by atoms with Crippen LogP contribution in [0.1, 0.15) is 24.0 Å². The minimum Gasteiger partial charge on any atom is -0.369 e. The van der Waals surface area contributed by atoms with Crippen LogP contribution >= 0.6 is 11.6 Å². The zero-order chi connectivity index (χ0) is 19.9. The summed E-state index contributed by atoms with van der Waals surface area (Å²) in [5.41, 5.74) is 8.23. The second kappa shape index (κ2) is 9.53. The highest BCUT2D eigenvalue weighted by Crippen LogP contribution is 2.19. The SMILES string of the molecule is NC(=O)C1CCCN(Cc2ccc(NC(=O)/C=C/c3ccc(Cl)cc3)cc2)C1. The van der Waals surface area contributed by atoms with E-state index in [4.69, 9.17) is 17.3 Å². The van der Waals surface area contributed by atoms with Gasteiger partial charge in [-0.05, 0) is 60.9 Å². The highest BCUT2D eigenvalue weighted by molar-refractivity contribution is 6.30. The maximum Gasteiger partial charge on any atom is 0.248 e. The number of primary amides is 1. The van der Waals surface area contributed by atoms with Gasteiger partial charge in [-0.15, -0.1) is 0 Å². The maximum absolute atomic E-state index is 12.1. The lowest BCUT2D eigenvalue weighted by molar-refractivity contribution is -0.123. The van der Waals surface area contributed by atoms with Crippen LogP contribution in [-0.2, 0) is 16.1 Å². The molecule has 28 heavy (non-hydrogen) atoms. The fourth-order valence-corrected chi connectivity index (χ4v) is 3.44. The number of halogens is 1. The summed E-state index contributed by atoms with van der Waals surface area (Å²) in [4.78, 5) is 25.7. The number of likely N-dealkylation sites (tertiary alicyclic amines) is 1. The first-order valence-corrected chi connectivity index (χ1v) is 9.72. The Morgan fingerprint density at radius 1 is 1.14 bits per heavy atom. The molecular formula is C22H24ClN3O2. The molecule has 1 aliphatic rings. The highest BCUT2D eigenvalue weighted by Gasteiger charge is 2.23. The number of hydrogen-bond acceptors (Lipinski definition) is 3. The molecule has 3 N–H and O–H groups in total. The van der Waals surface area contributed by atoms with Crippen molar-refractivity contribution in [2.24, 2.45) is 11.7 Å². The normalized spacial score (nSPS) is 17.5. The van der Waals surface area contributed by atoms with E-state index in [2.05, 4.69) is 10.2 Å². The molecule has 0 aromatic heterocycles.